The van der Waals surface area contributed by atoms with Crippen LogP contribution in [0.1, 0.15) is 21.5 Å². The number of aryl methyl sites for hydroxylation is 2. The molecule has 8 heteroatoms. The van der Waals surface area contributed by atoms with Crippen LogP contribution in [0.3, 0.4) is 0 Å². The van der Waals surface area contributed by atoms with Crippen LogP contribution >= 0.6 is 12.2 Å². The second-order valence-electron chi connectivity index (χ2n) is 6.37. The highest BCUT2D eigenvalue weighted by atomic mass is 32.1. The molecule has 1 heterocycles. The fourth-order valence-electron chi connectivity index (χ4n) is 2.60. The molecule has 1 aliphatic heterocycles. The van der Waals surface area contributed by atoms with Crippen LogP contribution in [0.25, 0.3) is 0 Å². The summed E-state index contributed by atoms with van der Waals surface area (Å²) in [6, 6.07) is 14.1. The minimum atomic E-state index is -1.20. The van der Waals surface area contributed by atoms with Crippen LogP contribution < -0.4 is 15.6 Å². The third-order valence-electron chi connectivity index (χ3n) is 4.20. The Hall–Kier alpha value is -3.39. The summed E-state index contributed by atoms with van der Waals surface area (Å²) in [4.78, 5) is 38.3. The fraction of sp³-hybridized carbons (Fsp3) is 0.150. The van der Waals surface area contributed by atoms with Crippen molar-refractivity contribution in [1.82, 2.24) is 10.7 Å². The number of nitrogens with one attached hydrogen (secondary N) is 2. The smallest absolute Gasteiger partial charge is 0.271 e. The van der Waals surface area contributed by atoms with E-state index in [-0.39, 0.29) is 5.11 Å². The average molecular weight is 394 g/mol. The van der Waals surface area contributed by atoms with E-state index in [1.54, 1.807) is 36.4 Å². The largest absolute Gasteiger partial charge is 0.301 e. The summed E-state index contributed by atoms with van der Waals surface area (Å²) in [6.45, 7) is 3.84. The molecule has 0 aliphatic carbocycles. The monoisotopic (exact) mass is 394 g/mol. The van der Waals surface area contributed by atoms with Crippen molar-refractivity contribution in [3.63, 3.8) is 0 Å². The summed E-state index contributed by atoms with van der Waals surface area (Å²) >= 11 is 5.14. The van der Waals surface area contributed by atoms with Gasteiger partial charge in [-0.15, -0.1) is 0 Å². The molecule has 0 saturated carbocycles. The molecule has 7 nitrogen and oxygen atoms in total. The molecule has 2 aromatic rings. The summed E-state index contributed by atoms with van der Waals surface area (Å²) in [7, 11) is 0. The number of amides is 3. The number of nitrogens with zero attached hydrogens (tertiary/aromatic N) is 2. The summed E-state index contributed by atoms with van der Waals surface area (Å²) < 4.78 is 0. The summed E-state index contributed by atoms with van der Waals surface area (Å²) in [5.41, 5.74) is 5.34. The van der Waals surface area contributed by atoms with Gasteiger partial charge in [0.1, 0.15) is 0 Å². The molecular weight excluding hydrogens is 376 g/mol. The molecular formula is C20H18N4O3S. The summed E-state index contributed by atoms with van der Waals surface area (Å²) in [5.74, 6) is -2.77. The minimum Gasteiger partial charge on any atom is -0.301 e. The number of hydrazone groups is 1. The molecule has 3 amide bonds. The standard InChI is InChI=1S/C20H18N4O3S/c1-12-3-7-14(8-4-12)17(25)23-21-11-16-18(26)22-20(28)24(19(16)27)15-9-5-13(2)6-10-15/h3-11,16H,1-2H3,(H,23,25)(H,22,26,28)/b21-11+/t16-/m1/s1. The predicted molar refractivity (Wildman–Crippen MR) is 110 cm³/mol. The summed E-state index contributed by atoms with van der Waals surface area (Å²) in [5, 5.41) is 6.29. The van der Waals surface area contributed by atoms with Gasteiger partial charge in [0.05, 0.1) is 5.69 Å². The zero-order valence-electron chi connectivity index (χ0n) is 15.3. The highest BCUT2D eigenvalue weighted by Crippen LogP contribution is 2.20. The lowest BCUT2D eigenvalue weighted by Crippen LogP contribution is -2.58. The van der Waals surface area contributed by atoms with E-state index in [2.05, 4.69) is 15.8 Å². The molecule has 0 aromatic heterocycles. The van der Waals surface area contributed by atoms with E-state index in [4.69, 9.17) is 12.2 Å². The summed E-state index contributed by atoms with van der Waals surface area (Å²) in [6.07, 6.45) is 1.10. The van der Waals surface area contributed by atoms with E-state index in [1.165, 1.54) is 4.90 Å². The molecule has 0 radical (unpaired) electrons. The van der Waals surface area contributed by atoms with Gasteiger partial charge in [-0.1, -0.05) is 35.4 Å². The van der Waals surface area contributed by atoms with Crippen LogP contribution in [0.2, 0.25) is 0 Å². The quantitative estimate of drug-likeness (QED) is 0.360. The maximum absolute atomic E-state index is 12.8. The van der Waals surface area contributed by atoms with Gasteiger partial charge in [0.25, 0.3) is 11.8 Å². The first-order valence-electron chi connectivity index (χ1n) is 8.52. The first kappa shape index (κ1) is 19.4. The number of carbonyl (C=O) groups excluding carboxylic acids is 3. The first-order valence-corrected chi connectivity index (χ1v) is 8.93. The van der Waals surface area contributed by atoms with Gasteiger partial charge in [-0.25, -0.2) is 5.43 Å². The molecule has 0 bridgehead atoms. The van der Waals surface area contributed by atoms with Gasteiger partial charge in [-0.05, 0) is 50.3 Å². The maximum Gasteiger partial charge on any atom is 0.271 e. The number of hydrogen-bond acceptors (Lipinski definition) is 5. The van der Waals surface area contributed by atoms with Crippen molar-refractivity contribution in [2.24, 2.45) is 11.0 Å². The number of thiocarbonyl (C=S) groups is 1. The van der Waals surface area contributed by atoms with E-state index < -0.39 is 23.6 Å². The Balaban J connectivity index is 1.74. The molecule has 0 spiro atoms. The molecule has 1 atom stereocenters. The van der Waals surface area contributed by atoms with Crippen LogP contribution in [-0.2, 0) is 9.59 Å². The van der Waals surface area contributed by atoms with Gasteiger partial charge >= 0.3 is 0 Å². The van der Waals surface area contributed by atoms with Crippen LogP contribution in [0.4, 0.5) is 5.69 Å². The number of anilines is 1. The van der Waals surface area contributed by atoms with Crippen molar-refractivity contribution in [3.05, 3.63) is 65.2 Å². The predicted octanol–water partition coefficient (Wildman–Crippen LogP) is 2.08. The molecule has 0 unspecified atom stereocenters. The van der Waals surface area contributed by atoms with E-state index in [0.717, 1.165) is 17.3 Å². The van der Waals surface area contributed by atoms with Crippen LogP contribution in [0.15, 0.2) is 53.6 Å². The number of carbonyl (C=O) groups is 3. The molecule has 1 fully saturated rings. The van der Waals surface area contributed by atoms with Crippen LogP contribution in [0, 0.1) is 19.8 Å². The van der Waals surface area contributed by atoms with Gasteiger partial charge in [0.15, 0.2) is 11.0 Å². The second kappa shape index (κ2) is 8.10. The van der Waals surface area contributed by atoms with Gasteiger partial charge in [0.2, 0.25) is 5.91 Å². The Labute approximate surface area is 167 Å². The number of rotatable bonds is 4. The zero-order chi connectivity index (χ0) is 20.3. The Kier molecular flexibility index (Phi) is 5.60. The molecule has 3 rings (SSSR count). The van der Waals surface area contributed by atoms with Crippen molar-refractivity contribution in [2.75, 3.05) is 4.90 Å². The number of benzene rings is 2. The first-order chi connectivity index (χ1) is 13.4. The topological polar surface area (TPSA) is 90.9 Å². The molecule has 142 valence electrons. The molecule has 2 N–H and O–H groups in total. The number of hydrogen-bond donors (Lipinski definition) is 2. The van der Waals surface area contributed by atoms with Crippen molar-refractivity contribution in [3.8, 4) is 0 Å². The van der Waals surface area contributed by atoms with E-state index in [9.17, 15) is 14.4 Å². The fourth-order valence-corrected chi connectivity index (χ4v) is 2.90. The zero-order valence-corrected chi connectivity index (χ0v) is 16.1. The highest BCUT2D eigenvalue weighted by molar-refractivity contribution is 7.80. The van der Waals surface area contributed by atoms with Gasteiger partial charge in [-0.3, -0.25) is 19.3 Å². The van der Waals surface area contributed by atoms with E-state index in [1.807, 2.05) is 26.0 Å². The Morgan fingerprint density at radius 1 is 1.07 bits per heavy atom. The Morgan fingerprint density at radius 2 is 1.64 bits per heavy atom. The molecule has 1 aliphatic rings. The third-order valence-corrected chi connectivity index (χ3v) is 4.48. The highest BCUT2D eigenvalue weighted by Gasteiger charge is 2.38. The Bertz CT molecular complexity index is 968. The molecule has 1 saturated heterocycles. The van der Waals surface area contributed by atoms with Gasteiger partial charge in [-0.2, -0.15) is 5.10 Å². The normalized spacial score (nSPS) is 17.0. The third kappa shape index (κ3) is 4.12. The minimum absolute atomic E-state index is 0.00666. The van der Waals surface area contributed by atoms with Crippen molar-refractivity contribution in [1.29, 1.82) is 0 Å². The van der Waals surface area contributed by atoms with Crippen molar-refractivity contribution >= 4 is 47.0 Å². The Morgan fingerprint density at radius 3 is 2.25 bits per heavy atom. The van der Waals surface area contributed by atoms with Gasteiger partial charge < -0.3 is 5.32 Å². The lowest BCUT2D eigenvalue weighted by atomic mass is 10.1. The lowest BCUT2D eigenvalue weighted by molar-refractivity contribution is -0.130. The average Bonchev–Trinajstić information content (AvgIpc) is 2.66. The van der Waals surface area contributed by atoms with Gasteiger partial charge in [0, 0.05) is 11.8 Å². The van der Waals surface area contributed by atoms with E-state index >= 15 is 0 Å². The van der Waals surface area contributed by atoms with Crippen LogP contribution in [-0.4, -0.2) is 29.0 Å². The molecule has 2 aromatic carbocycles. The SMILES string of the molecule is Cc1ccc(C(=O)N/N=C/[C@@H]2C(=O)NC(=S)N(c3ccc(C)cc3)C2=O)cc1. The second-order valence-corrected chi connectivity index (χ2v) is 6.75. The van der Waals surface area contributed by atoms with E-state index in [0.29, 0.717) is 11.3 Å². The molecule has 28 heavy (non-hydrogen) atoms. The van der Waals surface area contributed by atoms with Crippen molar-refractivity contribution in [2.45, 2.75) is 13.8 Å². The van der Waals surface area contributed by atoms with Crippen molar-refractivity contribution < 1.29 is 14.4 Å². The van der Waals surface area contributed by atoms with Crippen LogP contribution in [0.5, 0.6) is 0 Å². The lowest BCUT2D eigenvalue weighted by Gasteiger charge is -2.30. The maximum atomic E-state index is 12.8.